The number of fused-ring (bicyclic) bond motifs is 2. The van der Waals surface area contributed by atoms with Gasteiger partial charge in [0.1, 0.15) is 5.75 Å². The van der Waals surface area contributed by atoms with Gasteiger partial charge in [-0.3, -0.25) is 4.99 Å². The molecule has 3 aliphatic rings. The van der Waals surface area contributed by atoms with Crippen LogP contribution in [0.25, 0.3) is 0 Å². The number of rotatable bonds is 5. The molecule has 5 nitrogen and oxygen atoms in total. The number of ether oxygens (including phenoxy) is 2. The maximum Gasteiger partial charge on any atom is 0.387 e. The zero-order chi connectivity index (χ0) is 18.1. The highest BCUT2D eigenvalue weighted by atomic mass is 19.3. The first-order valence-corrected chi connectivity index (χ1v) is 9.25. The number of benzene rings is 1. The van der Waals surface area contributed by atoms with Crippen LogP contribution >= 0.6 is 0 Å². The summed E-state index contributed by atoms with van der Waals surface area (Å²) in [4.78, 5) is 4.35. The Bertz CT molecular complexity index is 661. The van der Waals surface area contributed by atoms with E-state index in [0.717, 1.165) is 24.6 Å². The molecule has 0 bridgehead atoms. The molecule has 26 heavy (non-hydrogen) atoms. The molecule has 3 unspecified atom stereocenters. The minimum atomic E-state index is -2.80. The molecule has 4 rings (SSSR count). The molecule has 2 saturated carbocycles. The predicted molar refractivity (Wildman–Crippen MR) is 94.3 cm³/mol. The van der Waals surface area contributed by atoms with Gasteiger partial charge < -0.3 is 20.1 Å². The average Bonchev–Trinajstić information content (AvgIpc) is 2.99. The number of hydrogen-bond acceptors (Lipinski definition) is 3. The molecule has 1 aliphatic heterocycles. The first-order valence-electron chi connectivity index (χ1n) is 9.25. The van der Waals surface area contributed by atoms with Crippen LogP contribution in [0.2, 0.25) is 0 Å². The Hall–Kier alpha value is -1.89. The maximum atomic E-state index is 12.2. The van der Waals surface area contributed by atoms with E-state index in [1.807, 2.05) is 0 Å². The molecule has 0 aromatic heterocycles. The van der Waals surface area contributed by atoms with Crippen molar-refractivity contribution < 1.29 is 18.3 Å². The molecular formula is C19H25F2N3O2. The highest BCUT2D eigenvalue weighted by molar-refractivity contribution is 5.80. The Morgan fingerprint density at radius 2 is 2.12 bits per heavy atom. The summed E-state index contributed by atoms with van der Waals surface area (Å²) in [5, 5.41) is 6.93. The summed E-state index contributed by atoms with van der Waals surface area (Å²) in [5.41, 5.74) is 1.27. The van der Waals surface area contributed by atoms with Crippen molar-refractivity contribution in [2.45, 2.75) is 51.0 Å². The Kier molecular flexibility index (Phi) is 4.73. The van der Waals surface area contributed by atoms with Crippen LogP contribution in [-0.2, 0) is 11.3 Å². The average molecular weight is 365 g/mol. The summed E-state index contributed by atoms with van der Waals surface area (Å²) in [7, 11) is 1.77. The fourth-order valence-corrected chi connectivity index (χ4v) is 4.77. The van der Waals surface area contributed by atoms with Crippen molar-refractivity contribution in [3.8, 4) is 5.75 Å². The molecule has 0 radical (unpaired) electrons. The van der Waals surface area contributed by atoms with E-state index in [2.05, 4.69) is 20.4 Å². The molecule has 1 aromatic carbocycles. The first kappa shape index (κ1) is 17.5. The van der Waals surface area contributed by atoms with Gasteiger partial charge in [-0.2, -0.15) is 8.78 Å². The minimum absolute atomic E-state index is 0.167. The molecule has 1 aromatic rings. The lowest BCUT2D eigenvalue weighted by Crippen LogP contribution is -2.72. The quantitative estimate of drug-likeness (QED) is 0.622. The lowest BCUT2D eigenvalue weighted by molar-refractivity contribution is -0.171. The van der Waals surface area contributed by atoms with E-state index >= 15 is 0 Å². The van der Waals surface area contributed by atoms with E-state index in [1.54, 1.807) is 31.3 Å². The number of alkyl halides is 2. The Balaban J connectivity index is 1.32. The Morgan fingerprint density at radius 3 is 2.73 bits per heavy atom. The summed E-state index contributed by atoms with van der Waals surface area (Å²) in [6.45, 7) is -1.36. The number of hydrogen-bond donors (Lipinski definition) is 2. The molecule has 1 spiro atoms. The molecule has 2 aliphatic carbocycles. The highest BCUT2D eigenvalue weighted by Crippen LogP contribution is 2.62. The van der Waals surface area contributed by atoms with Gasteiger partial charge in [0.2, 0.25) is 0 Å². The SMILES string of the molecule is CN=C(NCc1ccc(OC(F)F)cc1)NC1C2CCOC2C12CCC2. The van der Waals surface area contributed by atoms with Gasteiger partial charge in [0.25, 0.3) is 0 Å². The normalized spacial score (nSPS) is 29.1. The van der Waals surface area contributed by atoms with E-state index in [-0.39, 0.29) is 5.75 Å². The summed E-state index contributed by atoms with van der Waals surface area (Å²) in [5.74, 6) is 1.53. The van der Waals surface area contributed by atoms with Crippen LogP contribution in [0, 0.1) is 11.3 Å². The van der Waals surface area contributed by atoms with Gasteiger partial charge in [-0.05, 0) is 37.0 Å². The van der Waals surface area contributed by atoms with Gasteiger partial charge in [0.05, 0.1) is 6.10 Å². The van der Waals surface area contributed by atoms with Crippen LogP contribution in [0.3, 0.4) is 0 Å². The summed E-state index contributed by atoms with van der Waals surface area (Å²) >= 11 is 0. The van der Waals surface area contributed by atoms with Gasteiger partial charge in [-0.1, -0.05) is 18.6 Å². The summed E-state index contributed by atoms with van der Waals surface area (Å²) in [6, 6.07) is 7.08. The largest absolute Gasteiger partial charge is 0.435 e. The molecule has 3 fully saturated rings. The summed E-state index contributed by atoms with van der Waals surface area (Å²) < 4.78 is 34.7. The fraction of sp³-hybridized carbons (Fsp3) is 0.632. The van der Waals surface area contributed by atoms with Crippen LogP contribution in [0.1, 0.15) is 31.2 Å². The molecule has 3 atom stereocenters. The topological polar surface area (TPSA) is 54.9 Å². The lowest BCUT2D eigenvalue weighted by Gasteiger charge is -2.63. The number of guanidine groups is 1. The Labute approximate surface area is 152 Å². The third kappa shape index (κ3) is 3.02. The zero-order valence-corrected chi connectivity index (χ0v) is 14.9. The molecule has 1 heterocycles. The third-order valence-electron chi connectivity index (χ3n) is 6.16. The monoisotopic (exact) mass is 365 g/mol. The van der Waals surface area contributed by atoms with Crippen LogP contribution in [0.4, 0.5) is 8.78 Å². The molecule has 7 heteroatoms. The van der Waals surface area contributed by atoms with Crippen molar-refractivity contribution in [3.05, 3.63) is 29.8 Å². The molecule has 1 saturated heterocycles. The van der Waals surface area contributed by atoms with E-state index in [1.165, 1.54) is 19.3 Å². The third-order valence-corrected chi connectivity index (χ3v) is 6.16. The fourth-order valence-electron chi connectivity index (χ4n) is 4.77. The maximum absolute atomic E-state index is 12.2. The number of nitrogens with zero attached hydrogens (tertiary/aromatic N) is 1. The van der Waals surface area contributed by atoms with Crippen molar-refractivity contribution >= 4 is 5.96 Å². The van der Waals surface area contributed by atoms with Crippen molar-refractivity contribution in [2.24, 2.45) is 16.3 Å². The second kappa shape index (κ2) is 7.02. The van der Waals surface area contributed by atoms with Crippen LogP contribution in [0.5, 0.6) is 5.75 Å². The second-order valence-electron chi connectivity index (χ2n) is 7.40. The van der Waals surface area contributed by atoms with Crippen LogP contribution in [0.15, 0.2) is 29.3 Å². The van der Waals surface area contributed by atoms with E-state index in [0.29, 0.717) is 30.0 Å². The van der Waals surface area contributed by atoms with Crippen molar-refractivity contribution in [1.82, 2.24) is 10.6 Å². The zero-order valence-electron chi connectivity index (χ0n) is 14.9. The van der Waals surface area contributed by atoms with Gasteiger partial charge in [0, 0.05) is 37.6 Å². The van der Waals surface area contributed by atoms with Gasteiger partial charge in [-0.15, -0.1) is 0 Å². The predicted octanol–water partition coefficient (Wildman–Crippen LogP) is 2.91. The molecular weight excluding hydrogens is 340 g/mol. The van der Waals surface area contributed by atoms with Crippen molar-refractivity contribution in [3.63, 3.8) is 0 Å². The summed E-state index contributed by atoms with van der Waals surface area (Å²) in [6.07, 6.45) is 5.29. The van der Waals surface area contributed by atoms with E-state index < -0.39 is 6.61 Å². The standard InChI is InChI=1S/C19H25F2N3O2/c1-22-18(23-11-12-3-5-13(6-4-12)26-17(20)21)24-15-14-7-10-25-16(14)19(15)8-2-9-19/h3-6,14-17H,2,7-11H2,1H3,(H2,22,23,24). The van der Waals surface area contributed by atoms with E-state index in [9.17, 15) is 8.78 Å². The molecule has 142 valence electrons. The minimum Gasteiger partial charge on any atom is -0.435 e. The van der Waals surface area contributed by atoms with Crippen molar-refractivity contribution in [2.75, 3.05) is 13.7 Å². The van der Waals surface area contributed by atoms with Gasteiger partial charge >= 0.3 is 6.61 Å². The molecule has 0 amide bonds. The number of nitrogens with one attached hydrogen (secondary N) is 2. The molecule has 2 N–H and O–H groups in total. The number of halogens is 2. The van der Waals surface area contributed by atoms with Gasteiger partial charge in [-0.25, -0.2) is 0 Å². The van der Waals surface area contributed by atoms with Crippen LogP contribution in [-0.4, -0.2) is 38.4 Å². The second-order valence-corrected chi connectivity index (χ2v) is 7.40. The smallest absolute Gasteiger partial charge is 0.387 e. The van der Waals surface area contributed by atoms with Crippen LogP contribution < -0.4 is 15.4 Å². The van der Waals surface area contributed by atoms with Gasteiger partial charge in [0.15, 0.2) is 5.96 Å². The van der Waals surface area contributed by atoms with Crippen molar-refractivity contribution in [1.29, 1.82) is 0 Å². The number of aliphatic imine (C=N–C) groups is 1. The highest BCUT2D eigenvalue weighted by Gasteiger charge is 2.66. The first-order chi connectivity index (χ1) is 12.6. The van der Waals surface area contributed by atoms with E-state index in [4.69, 9.17) is 4.74 Å². The lowest BCUT2D eigenvalue weighted by atomic mass is 9.46. The Morgan fingerprint density at radius 1 is 1.35 bits per heavy atom.